The average Bonchev–Trinajstić information content (AvgIpc) is 3.14. The van der Waals surface area contributed by atoms with Gasteiger partial charge in [-0.05, 0) is 29.8 Å². The number of nitrogens with zero attached hydrogens (tertiary/aromatic N) is 1. The standard InChI is InChI=1S/C17H22N2O6S/c1-23-14-7-6-13(11-16(14)24-2)12-19(26(3,21)22)9-8-18-17(20)15-5-4-10-25-15/h4-7,10-11H,8-9,12H2,1-3H3,(H,18,20). The third-order valence-corrected chi connectivity index (χ3v) is 4.92. The lowest BCUT2D eigenvalue weighted by molar-refractivity contribution is 0.0924. The second-order valence-electron chi connectivity index (χ2n) is 5.52. The first-order chi connectivity index (χ1) is 12.3. The van der Waals surface area contributed by atoms with Crippen LogP contribution in [0.3, 0.4) is 0 Å². The molecule has 26 heavy (non-hydrogen) atoms. The molecule has 0 bridgehead atoms. The zero-order chi connectivity index (χ0) is 19.2. The van der Waals surface area contributed by atoms with Gasteiger partial charge < -0.3 is 19.2 Å². The Kier molecular flexibility index (Phi) is 6.64. The summed E-state index contributed by atoms with van der Waals surface area (Å²) < 4.78 is 40.8. The Morgan fingerprint density at radius 3 is 2.50 bits per heavy atom. The predicted molar refractivity (Wildman–Crippen MR) is 95.8 cm³/mol. The number of rotatable bonds is 9. The van der Waals surface area contributed by atoms with E-state index in [4.69, 9.17) is 13.9 Å². The van der Waals surface area contributed by atoms with Crippen molar-refractivity contribution in [2.24, 2.45) is 0 Å². The van der Waals surface area contributed by atoms with Crippen LogP contribution < -0.4 is 14.8 Å². The van der Waals surface area contributed by atoms with Gasteiger partial charge in [-0.3, -0.25) is 4.79 Å². The van der Waals surface area contributed by atoms with Gasteiger partial charge in [0, 0.05) is 19.6 Å². The smallest absolute Gasteiger partial charge is 0.287 e. The van der Waals surface area contributed by atoms with Crippen molar-refractivity contribution in [1.82, 2.24) is 9.62 Å². The molecule has 2 rings (SSSR count). The van der Waals surface area contributed by atoms with E-state index in [2.05, 4.69) is 5.32 Å². The second kappa shape index (κ2) is 8.72. The van der Waals surface area contributed by atoms with Gasteiger partial charge in [-0.1, -0.05) is 6.07 Å². The Morgan fingerprint density at radius 1 is 1.19 bits per heavy atom. The van der Waals surface area contributed by atoms with E-state index >= 15 is 0 Å². The monoisotopic (exact) mass is 382 g/mol. The summed E-state index contributed by atoms with van der Waals surface area (Å²) >= 11 is 0. The summed E-state index contributed by atoms with van der Waals surface area (Å²) in [5, 5.41) is 2.63. The number of ether oxygens (including phenoxy) is 2. The van der Waals surface area contributed by atoms with Gasteiger partial charge in [-0.2, -0.15) is 4.31 Å². The van der Waals surface area contributed by atoms with Gasteiger partial charge in [0.05, 0.1) is 26.7 Å². The van der Waals surface area contributed by atoms with Crippen molar-refractivity contribution in [1.29, 1.82) is 0 Å². The van der Waals surface area contributed by atoms with Crippen molar-refractivity contribution >= 4 is 15.9 Å². The number of benzene rings is 1. The Balaban J connectivity index is 2.03. The molecule has 0 saturated heterocycles. The Hall–Kier alpha value is -2.52. The number of sulfonamides is 1. The van der Waals surface area contributed by atoms with E-state index in [9.17, 15) is 13.2 Å². The molecule has 1 N–H and O–H groups in total. The Bertz CT molecular complexity index is 833. The van der Waals surface area contributed by atoms with E-state index in [0.717, 1.165) is 11.8 Å². The van der Waals surface area contributed by atoms with Crippen LogP contribution in [0.2, 0.25) is 0 Å². The van der Waals surface area contributed by atoms with Crippen LogP contribution >= 0.6 is 0 Å². The van der Waals surface area contributed by atoms with Crippen molar-refractivity contribution < 1.29 is 27.1 Å². The number of amides is 1. The molecule has 142 valence electrons. The molecule has 0 aliphatic carbocycles. The zero-order valence-electron chi connectivity index (χ0n) is 14.9. The van der Waals surface area contributed by atoms with Gasteiger partial charge in [0.15, 0.2) is 17.3 Å². The van der Waals surface area contributed by atoms with Crippen LogP contribution in [0.1, 0.15) is 16.1 Å². The summed E-state index contributed by atoms with van der Waals surface area (Å²) in [7, 11) is -0.420. The minimum atomic E-state index is -3.46. The lowest BCUT2D eigenvalue weighted by Gasteiger charge is -2.20. The lowest BCUT2D eigenvalue weighted by atomic mass is 10.2. The largest absolute Gasteiger partial charge is 0.493 e. The van der Waals surface area contributed by atoms with Gasteiger partial charge in [0.2, 0.25) is 10.0 Å². The summed E-state index contributed by atoms with van der Waals surface area (Å²) in [6, 6.07) is 8.34. The summed E-state index contributed by atoms with van der Waals surface area (Å²) in [5.41, 5.74) is 0.741. The number of hydrogen-bond acceptors (Lipinski definition) is 6. The minimum absolute atomic E-state index is 0.125. The van der Waals surface area contributed by atoms with E-state index < -0.39 is 15.9 Å². The molecule has 0 aliphatic heterocycles. The summed E-state index contributed by atoms with van der Waals surface area (Å²) in [6.07, 6.45) is 2.52. The first-order valence-corrected chi connectivity index (χ1v) is 9.67. The molecule has 0 unspecified atom stereocenters. The molecule has 9 heteroatoms. The third-order valence-electron chi connectivity index (χ3n) is 3.67. The third kappa shape index (κ3) is 5.24. The molecule has 0 spiro atoms. The van der Waals surface area contributed by atoms with Crippen LogP contribution in [0.4, 0.5) is 0 Å². The molecule has 1 aromatic heterocycles. The maximum atomic E-state index is 12.1. The van der Waals surface area contributed by atoms with Gasteiger partial charge in [-0.15, -0.1) is 0 Å². The number of carbonyl (C=O) groups excluding carboxylic acids is 1. The highest BCUT2D eigenvalue weighted by atomic mass is 32.2. The summed E-state index contributed by atoms with van der Waals surface area (Å²) in [5.74, 6) is 0.864. The summed E-state index contributed by atoms with van der Waals surface area (Å²) in [6.45, 7) is 0.426. The molecular weight excluding hydrogens is 360 g/mol. The number of nitrogens with one attached hydrogen (secondary N) is 1. The van der Waals surface area contributed by atoms with E-state index in [-0.39, 0.29) is 25.4 Å². The van der Waals surface area contributed by atoms with Crippen LogP contribution in [0.5, 0.6) is 11.5 Å². The van der Waals surface area contributed by atoms with Crippen LogP contribution in [0.15, 0.2) is 41.0 Å². The molecule has 0 atom stereocenters. The molecule has 1 heterocycles. The molecule has 0 fully saturated rings. The zero-order valence-corrected chi connectivity index (χ0v) is 15.7. The van der Waals surface area contributed by atoms with Crippen LogP contribution in [0, 0.1) is 0 Å². The first kappa shape index (κ1) is 19.8. The highest BCUT2D eigenvalue weighted by Crippen LogP contribution is 2.28. The maximum absolute atomic E-state index is 12.1. The number of methoxy groups -OCH3 is 2. The van der Waals surface area contributed by atoms with Gasteiger partial charge in [0.1, 0.15) is 0 Å². The van der Waals surface area contributed by atoms with Crippen molar-refractivity contribution in [3.63, 3.8) is 0 Å². The van der Waals surface area contributed by atoms with Crippen LogP contribution in [0.25, 0.3) is 0 Å². The Labute approximate surface area is 152 Å². The van der Waals surface area contributed by atoms with E-state index in [1.54, 1.807) is 24.3 Å². The van der Waals surface area contributed by atoms with Gasteiger partial charge in [-0.25, -0.2) is 8.42 Å². The van der Waals surface area contributed by atoms with Crippen molar-refractivity contribution in [3.05, 3.63) is 47.9 Å². The number of hydrogen-bond donors (Lipinski definition) is 1. The first-order valence-electron chi connectivity index (χ1n) is 7.83. The highest BCUT2D eigenvalue weighted by molar-refractivity contribution is 7.88. The fourth-order valence-corrected chi connectivity index (χ4v) is 3.14. The highest BCUT2D eigenvalue weighted by Gasteiger charge is 2.18. The molecule has 0 radical (unpaired) electrons. The van der Waals surface area contributed by atoms with Gasteiger partial charge in [0.25, 0.3) is 5.91 Å². The predicted octanol–water partition coefficient (Wildman–Crippen LogP) is 1.49. The van der Waals surface area contributed by atoms with E-state index in [1.807, 2.05) is 0 Å². The molecule has 1 amide bonds. The van der Waals surface area contributed by atoms with Crippen molar-refractivity contribution in [3.8, 4) is 11.5 Å². The van der Waals surface area contributed by atoms with Crippen LogP contribution in [-0.4, -0.2) is 52.2 Å². The normalized spacial score (nSPS) is 11.4. The fourth-order valence-electron chi connectivity index (χ4n) is 2.33. The summed E-state index contributed by atoms with van der Waals surface area (Å²) in [4.78, 5) is 11.8. The SMILES string of the molecule is COc1ccc(CN(CCNC(=O)c2ccco2)S(C)(=O)=O)cc1OC. The maximum Gasteiger partial charge on any atom is 0.287 e. The topological polar surface area (TPSA) is 98.1 Å². The van der Waals surface area contributed by atoms with E-state index in [0.29, 0.717) is 11.5 Å². The lowest BCUT2D eigenvalue weighted by Crippen LogP contribution is -2.37. The molecule has 0 saturated carbocycles. The quantitative estimate of drug-likeness (QED) is 0.706. The van der Waals surface area contributed by atoms with E-state index in [1.165, 1.54) is 30.9 Å². The Morgan fingerprint density at radius 2 is 1.92 bits per heavy atom. The molecule has 2 aromatic rings. The van der Waals surface area contributed by atoms with Crippen LogP contribution in [-0.2, 0) is 16.6 Å². The molecule has 8 nitrogen and oxygen atoms in total. The molecule has 1 aromatic carbocycles. The number of furan rings is 1. The average molecular weight is 382 g/mol. The molecular formula is C17H22N2O6S. The van der Waals surface area contributed by atoms with Gasteiger partial charge >= 0.3 is 0 Å². The molecule has 0 aliphatic rings. The fraction of sp³-hybridized carbons (Fsp3) is 0.353. The minimum Gasteiger partial charge on any atom is -0.493 e. The number of carbonyl (C=O) groups is 1. The second-order valence-corrected chi connectivity index (χ2v) is 7.50. The van der Waals surface area contributed by atoms with Crippen molar-refractivity contribution in [2.45, 2.75) is 6.54 Å². The van der Waals surface area contributed by atoms with Crippen molar-refractivity contribution in [2.75, 3.05) is 33.6 Å².